The van der Waals surface area contributed by atoms with E-state index in [1.54, 1.807) is 0 Å². The molecule has 6 heteroatoms. The minimum atomic E-state index is -1.26. The number of carboxylic acid groups (broad SMARTS) is 1. The minimum absolute atomic E-state index is 0.0139. The maximum Gasteiger partial charge on any atom is 0.335 e. The molecule has 0 unspecified atom stereocenters. The van der Waals surface area contributed by atoms with Gasteiger partial charge in [-0.3, -0.25) is 10.1 Å². The van der Waals surface area contributed by atoms with Crippen molar-refractivity contribution < 1.29 is 19.9 Å². The molecule has 0 fully saturated rings. The zero-order valence-electron chi connectivity index (χ0n) is 6.97. The van der Waals surface area contributed by atoms with Crippen LogP contribution < -0.4 is 0 Å². The van der Waals surface area contributed by atoms with Gasteiger partial charge in [0.05, 0.1) is 16.1 Å². The molecular formula is C8H6NO5. The summed E-state index contributed by atoms with van der Waals surface area (Å²) in [7, 11) is 0. The van der Waals surface area contributed by atoms with Crippen LogP contribution in [0.1, 0.15) is 15.9 Å². The first-order valence-corrected chi connectivity index (χ1v) is 3.65. The molecule has 14 heavy (non-hydrogen) atoms. The molecule has 0 aliphatic carbocycles. The maximum absolute atomic E-state index is 10.5. The summed E-state index contributed by atoms with van der Waals surface area (Å²) in [4.78, 5) is 20.1. The average molecular weight is 196 g/mol. The van der Waals surface area contributed by atoms with Gasteiger partial charge in [0, 0.05) is 6.07 Å². The van der Waals surface area contributed by atoms with E-state index < -0.39 is 23.2 Å². The fraction of sp³-hybridized carbons (Fsp3) is 0.125. The Kier molecular flexibility index (Phi) is 2.78. The van der Waals surface area contributed by atoms with Gasteiger partial charge in [-0.05, 0) is 12.1 Å². The molecule has 1 aromatic rings. The van der Waals surface area contributed by atoms with Crippen LogP contribution in [0, 0.1) is 10.1 Å². The molecule has 0 saturated carbocycles. The molecule has 0 aliphatic heterocycles. The van der Waals surface area contributed by atoms with Crippen molar-refractivity contribution in [1.82, 2.24) is 0 Å². The molecule has 0 aromatic heterocycles. The van der Waals surface area contributed by atoms with Gasteiger partial charge in [0.2, 0.25) is 0 Å². The molecule has 1 rings (SSSR count). The highest BCUT2D eigenvalue weighted by Gasteiger charge is 2.16. The first-order valence-electron chi connectivity index (χ1n) is 3.65. The van der Waals surface area contributed by atoms with E-state index in [9.17, 15) is 20.0 Å². The van der Waals surface area contributed by atoms with Gasteiger partial charge in [0.15, 0.2) is 0 Å². The van der Waals surface area contributed by atoms with Crippen LogP contribution in [0.4, 0.5) is 5.69 Å². The van der Waals surface area contributed by atoms with Crippen LogP contribution in [0.25, 0.3) is 0 Å². The number of nitro groups is 1. The maximum atomic E-state index is 10.5. The second-order valence-electron chi connectivity index (χ2n) is 2.55. The van der Waals surface area contributed by atoms with Crippen molar-refractivity contribution in [1.29, 1.82) is 0 Å². The number of nitrogens with zero attached hydrogens (tertiary/aromatic N) is 1. The van der Waals surface area contributed by atoms with Crippen molar-refractivity contribution >= 4 is 11.7 Å². The molecule has 1 aromatic carbocycles. The van der Waals surface area contributed by atoms with Crippen LogP contribution in [-0.4, -0.2) is 16.0 Å². The van der Waals surface area contributed by atoms with Gasteiger partial charge >= 0.3 is 5.97 Å². The van der Waals surface area contributed by atoms with E-state index in [4.69, 9.17) is 5.11 Å². The molecule has 0 aliphatic rings. The summed E-state index contributed by atoms with van der Waals surface area (Å²) in [5.74, 6) is -1.26. The summed E-state index contributed by atoms with van der Waals surface area (Å²) in [5, 5.41) is 29.5. The number of hydrogen-bond donors (Lipinski definition) is 1. The molecule has 1 radical (unpaired) electrons. The Morgan fingerprint density at radius 2 is 2.14 bits per heavy atom. The smallest absolute Gasteiger partial charge is 0.335 e. The molecular weight excluding hydrogens is 190 g/mol. The second kappa shape index (κ2) is 3.84. The minimum Gasteiger partial charge on any atom is -0.478 e. The zero-order valence-corrected chi connectivity index (χ0v) is 6.97. The lowest BCUT2D eigenvalue weighted by molar-refractivity contribution is -0.386. The van der Waals surface area contributed by atoms with Gasteiger partial charge in [0.25, 0.3) is 5.69 Å². The predicted octanol–water partition coefficient (Wildman–Crippen LogP) is 1.22. The summed E-state index contributed by atoms with van der Waals surface area (Å²) in [6.45, 7) is -0.740. The summed E-state index contributed by atoms with van der Waals surface area (Å²) in [6, 6.07) is 3.22. The number of rotatable bonds is 3. The van der Waals surface area contributed by atoms with Gasteiger partial charge < -0.3 is 5.11 Å². The summed E-state index contributed by atoms with van der Waals surface area (Å²) in [6.07, 6.45) is 0. The van der Waals surface area contributed by atoms with Gasteiger partial charge in [-0.1, -0.05) is 0 Å². The molecule has 0 heterocycles. The third-order valence-corrected chi connectivity index (χ3v) is 1.68. The SMILES string of the molecule is [O]Cc1ccc(C(=O)O)cc1[N+](=O)[O-]. The topological polar surface area (TPSA) is 100 Å². The lowest BCUT2D eigenvalue weighted by Gasteiger charge is -1.99. The number of aromatic carboxylic acids is 1. The molecule has 0 amide bonds. The quantitative estimate of drug-likeness (QED) is 0.580. The van der Waals surface area contributed by atoms with Crippen molar-refractivity contribution in [2.75, 3.05) is 0 Å². The first-order chi connectivity index (χ1) is 6.56. The van der Waals surface area contributed by atoms with Crippen molar-refractivity contribution in [3.8, 4) is 0 Å². The van der Waals surface area contributed by atoms with Crippen molar-refractivity contribution in [3.63, 3.8) is 0 Å². The Bertz CT molecular complexity index is 387. The first kappa shape index (κ1) is 10.1. The van der Waals surface area contributed by atoms with E-state index in [2.05, 4.69) is 0 Å². The van der Waals surface area contributed by atoms with Crippen molar-refractivity contribution in [2.45, 2.75) is 6.61 Å². The van der Waals surface area contributed by atoms with E-state index in [-0.39, 0.29) is 11.1 Å². The standard InChI is InChI=1S/C8H6NO5/c10-4-6-2-1-5(8(11)12)3-7(6)9(13)14/h1-3H,4H2,(H,11,12). The van der Waals surface area contributed by atoms with Crippen LogP contribution in [-0.2, 0) is 11.7 Å². The Hall–Kier alpha value is -1.95. The Balaban J connectivity index is 3.27. The second-order valence-corrected chi connectivity index (χ2v) is 2.55. The molecule has 0 saturated heterocycles. The summed E-state index contributed by atoms with van der Waals surface area (Å²) < 4.78 is 0. The van der Waals surface area contributed by atoms with E-state index >= 15 is 0 Å². The monoisotopic (exact) mass is 196 g/mol. The van der Waals surface area contributed by atoms with Crippen LogP contribution in [0.3, 0.4) is 0 Å². The highest BCUT2D eigenvalue weighted by atomic mass is 16.6. The number of hydrogen-bond acceptors (Lipinski definition) is 3. The number of benzene rings is 1. The lowest BCUT2D eigenvalue weighted by Crippen LogP contribution is -2.00. The van der Waals surface area contributed by atoms with Crippen LogP contribution in [0.2, 0.25) is 0 Å². The molecule has 0 bridgehead atoms. The summed E-state index contributed by atoms with van der Waals surface area (Å²) >= 11 is 0. The number of carboxylic acids is 1. The van der Waals surface area contributed by atoms with Gasteiger partial charge in [-0.25, -0.2) is 9.90 Å². The third kappa shape index (κ3) is 1.86. The van der Waals surface area contributed by atoms with E-state index in [0.29, 0.717) is 0 Å². The van der Waals surface area contributed by atoms with Crippen LogP contribution in [0.5, 0.6) is 0 Å². The van der Waals surface area contributed by atoms with Gasteiger partial charge in [-0.2, -0.15) is 0 Å². The number of carbonyl (C=O) groups is 1. The Morgan fingerprint density at radius 1 is 1.50 bits per heavy atom. The highest BCUT2D eigenvalue weighted by Crippen LogP contribution is 2.20. The van der Waals surface area contributed by atoms with Crippen LogP contribution >= 0.6 is 0 Å². The molecule has 6 nitrogen and oxygen atoms in total. The van der Waals surface area contributed by atoms with E-state index in [1.165, 1.54) is 6.07 Å². The lowest BCUT2D eigenvalue weighted by atomic mass is 10.1. The molecule has 0 spiro atoms. The number of nitro benzene ring substituents is 1. The van der Waals surface area contributed by atoms with Crippen molar-refractivity contribution in [2.24, 2.45) is 0 Å². The largest absolute Gasteiger partial charge is 0.478 e. The normalized spacial score (nSPS) is 9.79. The van der Waals surface area contributed by atoms with E-state index in [0.717, 1.165) is 12.1 Å². The fourth-order valence-corrected chi connectivity index (χ4v) is 0.989. The highest BCUT2D eigenvalue weighted by molar-refractivity contribution is 5.88. The molecule has 1 N–H and O–H groups in total. The van der Waals surface area contributed by atoms with Crippen LogP contribution in [0.15, 0.2) is 18.2 Å². The summed E-state index contributed by atoms with van der Waals surface area (Å²) in [5.41, 5.74) is -0.659. The van der Waals surface area contributed by atoms with Gasteiger partial charge in [-0.15, -0.1) is 0 Å². The molecule has 0 atom stereocenters. The van der Waals surface area contributed by atoms with Crippen molar-refractivity contribution in [3.05, 3.63) is 39.4 Å². The zero-order chi connectivity index (χ0) is 10.7. The Morgan fingerprint density at radius 3 is 2.57 bits per heavy atom. The van der Waals surface area contributed by atoms with Gasteiger partial charge in [0.1, 0.15) is 6.61 Å². The Labute approximate surface area is 78.6 Å². The predicted molar refractivity (Wildman–Crippen MR) is 44.4 cm³/mol. The fourth-order valence-electron chi connectivity index (χ4n) is 0.989. The van der Waals surface area contributed by atoms with E-state index in [1.807, 2.05) is 0 Å². The third-order valence-electron chi connectivity index (χ3n) is 1.68. The molecule has 73 valence electrons. The average Bonchev–Trinajstić information content (AvgIpc) is 2.16.